The molecule has 0 radical (unpaired) electrons. The molecule has 0 saturated carbocycles. The maximum absolute atomic E-state index is 12.7. The zero-order valence-corrected chi connectivity index (χ0v) is 18.7. The fourth-order valence-corrected chi connectivity index (χ4v) is 4.85. The van der Waals surface area contributed by atoms with E-state index >= 15 is 0 Å². The van der Waals surface area contributed by atoms with Crippen molar-refractivity contribution in [1.29, 1.82) is 0 Å². The second kappa shape index (κ2) is 9.11. The monoisotopic (exact) mass is 454 g/mol. The number of benzene rings is 1. The molecule has 0 aliphatic carbocycles. The zero-order valence-electron chi connectivity index (χ0n) is 17.0. The lowest BCUT2D eigenvalue weighted by molar-refractivity contribution is -0.137. The first kappa shape index (κ1) is 21.4. The predicted molar refractivity (Wildman–Crippen MR) is 127 cm³/mol. The highest BCUT2D eigenvalue weighted by molar-refractivity contribution is 8.26. The van der Waals surface area contributed by atoms with Crippen molar-refractivity contribution in [2.45, 2.75) is 25.7 Å². The SMILES string of the molecule is Cn1ccc2cc(-c3ccc(C=C4SC(=S)N(CCCCCC(=O)O)C4=O)o3)ccc21. The second-order valence-corrected chi connectivity index (χ2v) is 9.12. The van der Waals surface area contributed by atoms with Crippen LogP contribution in [-0.4, -0.2) is 37.3 Å². The summed E-state index contributed by atoms with van der Waals surface area (Å²) in [5.74, 6) is 0.419. The van der Waals surface area contributed by atoms with Gasteiger partial charge >= 0.3 is 5.97 Å². The maximum atomic E-state index is 12.7. The number of unbranched alkanes of at least 4 members (excludes halogenated alkanes) is 2. The number of aryl methyl sites for hydroxylation is 1. The number of carboxylic acid groups (broad SMARTS) is 1. The summed E-state index contributed by atoms with van der Waals surface area (Å²) < 4.78 is 8.57. The van der Waals surface area contributed by atoms with E-state index in [1.807, 2.05) is 31.4 Å². The van der Waals surface area contributed by atoms with Gasteiger partial charge in [0.05, 0.1) is 4.91 Å². The van der Waals surface area contributed by atoms with Gasteiger partial charge < -0.3 is 14.1 Å². The van der Waals surface area contributed by atoms with Crippen LogP contribution < -0.4 is 0 Å². The van der Waals surface area contributed by atoms with Crippen molar-refractivity contribution in [2.24, 2.45) is 7.05 Å². The summed E-state index contributed by atoms with van der Waals surface area (Å²) in [5, 5.41) is 9.84. The van der Waals surface area contributed by atoms with Crippen LogP contribution in [0.25, 0.3) is 28.3 Å². The predicted octanol–water partition coefficient (Wildman–Crippen LogP) is 5.28. The van der Waals surface area contributed by atoms with Gasteiger partial charge in [0, 0.05) is 48.8 Å². The Morgan fingerprint density at radius 1 is 1.19 bits per heavy atom. The fraction of sp³-hybridized carbons (Fsp3) is 0.261. The van der Waals surface area contributed by atoms with Gasteiger partial charge in [0.1, 0.15) is 15.8 Å². The number of rotatable bonds is 8. The number of aromatic nitrogens is 1. The molecular weight excluding hydrogens is 432 g/mol. The molecule has 1 N–H and O–H groups in total. The summed E-state index contributed by atoms with van der Waals surface area (Å²) in [6, 6.07) is 12.0. The van der Waals surface area contributed by atoms with Crippen molar-refractivity contribution in [2.75, 3.05) is 6.54 Å². The van der Waals surface area contributed by atoms with Crippen LogP contribution in [0.5, 0.6) is 0 Å². The number of nitrogens with zero attached hydrogens (tertiary/aromatic N) is 2. The minimum atomic E-state index is -0.796. The molecule has 2 aromatic heterocycles. The van der Waals surface area contributed by atoms with Gasteiger partial charge in [-0.3, -0.25) is 14.5 Å². The van der Waals surface area contributed by atoms with E-state index in [0.717, 1.165) is 35.1 Å². The van der Waals surface area contributed by atoms with Crippen molar-refractivity contribution in [3.8, 4) is 11.3 Å². The number of furan rings is 1. The van der Waals surface area contributed by atoms with Gasteiger partial charge in [-0.1, -0.05) is 30.4 Å². The number of thioether (sulfide) groups is 1. The summed E-state index contributed by atoms with van der Waals surface area (Å²) in [5.41, 5.74) is 2.13. The van der Waals surface area contributed by atoms with E-state index in [9.17, 15) is 9.59 Å². The van der Waals surface area contributed by atoms with Crippen LogP contribution in [0.4, 0.5) is 0 Å². The van der Waals surface area contributed by atoms with Gasteiger partial charge in [-0.2, -0.15) is 0 Å². The number of hydrogen-bond donors (Lipinski definition) is 1. The number of fused-ring (bicyclic) bond motifs is 1. The van der Waals surface area contributed by atoms with Crippen LogP contribution in [0.2, 0.25) is 0 Å². The van der Waals surface area contributed by atoms with E-state index in [1.54, 1.807) is 11.0 Å². The van der Waals surface area contributed by atoms with Gasteiger partial charge in [-0.05, 0) is 49.2 Å². The van der Waals surface area contributed by atoms with Crippen LogP contribution in [0.1, 0.15) is 31.4 Å². The van der Waals surface area contributed by atoms with Crippen LogP contribution in [0.15, 0.2) is 51.9 Å². The molecule has 160 valence electrons. The molecule has 0 atom stereocenters. The van der Waals surface area contributed by atoms with Gasteiger partial charge in [0.25, 0.3) is 5.91 Å². The smallest absolute Gasteiger partial charge is 0.303 e. The molecule has 1 aliphatic rings. The Kier molecular flexibility index (Phi) is 6.29. The van der Waals surface area contributed by atoms with Gasteiger partial charge in [0.15, 0.2) is 0 Å². The van der Waals surface area contributed by atoms with E-state index < -0.39 is 5.97 Å². The highest BCUT2D eigenvalue weighted by atomic mass is 32.2. The molecule has 4 rings (SSSR count). The molecule has 0 bridgehead atoms. The molecule has 1 aliphatic heterocycles. The van der Waals surface area contributed by atoms with Crippen molar-refractivity contribution in [1.82, 2.24) is 9.47 Å². The van der Waals surface area contributed by atoms with E-state index in [-0.39, 0.29) is 12.3 Å². The lowest BCUT2D eigenvalue weighted by Crippen LogP contribution is -2.29. The molecule has 3 heterocycles. The lowest BCUT2D eigenvalue weighted by Gasteiger charge is -2.13. The zero-order chi connectivity index (χ0) is 22.0. The van der Waals surface area contributed by atoms with Crippen LogP contribution in [0, 0.1) is 0 Å². The first-order valence-corrected chi connectivity index (χ1v) is 11.3. The molecule has 0 unspecified atom stereocenters. The molecule has 1 fully saturated rings. The summed E-state index contributed by atoms with van der Waals surface area (Å²) in [4.78, 5) is 25.4. The Hall–Kier alpha value is -2.84. The standard InChI is InChI=1S/C23H22N2O4S2/c1-24-12-10-15-13-16(6-8-18(15)24)19-9-7-17(29-19)14-20-22(28)25(23(30)31-20)11-4-2-3-5-21(26)27/h6-10,12-14H,2-5,11H2,1H3,(H,26,27). The Morgan fingerprint density at radius 3 is 2.84 bits per heavy atom. The molecule has 1 amide bonds. The molecule has 1 saturated heterocycles. The third-order valence-electron chi connectivity index (χ3n) is 5.22. The van der Waals surface area contributed by atoms with Crippen molar-refractivity contribution >= 4 is 57.2 Å². The van der Waals surface area contributed by atoms with Crippen molar-refractivity contribution in [3.05, 3.63) is 53.3 Å². The lowest BCUT2D eigenvalue weighted by atomic mass is 10.1. The van der Waals surface area contributed by atoms with Crippen molar-refractivity contribution in [3.63, 3.8) is 0 Å². The minimum Gasteiger partial charge on any atom is -0.481 e. The summed E-state index contributed by atoms with van der Waals surface area (Å²) in [6.07, 6.45) is 5.97. The van der Waals surface area contributed by atoms with Gasteiger partial charge in [-0.25, -0.2) is 0 Å². The van der Waals surface area contributed by atoms with Crippen LogP contribution in [-0.2, 0) is 16.6 Å². The highest BCUT2D eigenvalue weighted by Crippen LogP contribution is 2.34. The average Bonchev–Trinajstić information content (AvgIpc) is 3.42. The Balaban J connectivity index is 1.43. The molecule has 8 heteroatoms. The van der Waals surface area contributed by atoms with E-state index in [2.05, 4.69) is 22.8 Å². The summed E-state index contributed by atoms with van der Waals surface area (Å²) >= 11 is 6.63. The number of carboxylic acids is 1. The summed E-state index contributed by atoms with van der Waals surface area (Å²) in [7, 11) is 2.01. The van der Waals surface area contributed by atoms with Crippen LogP contribution >= 0.6 is 24.0 Å². The Labute approximate surface area is 189 Å². The Bertz CT molecular complexity index is 1190. The number of aliphatic carboxylic acids is 1. The van der Waals surface area contributed by atoms with E-state index in [1.165, 1.54) is 11.8 Å². The van der Waals surface area contributed by atoms with Gasteiger partial charge in [-0.15, -0.1) is 0 Å². The molecule has 6 nitrogen and oxygen atoms in total. The van der Waals surface area contributed by atoms with E-state index in [0.29, 0.717) is 28.0 Å². The highest BCUT2D eigenvalue weighted by Gasteiger charge is 2.31. The number of carbonyl (C=O) groups is 2. The first-order chi connectivity index (χ1) is 14.9. The quantitative estimate of drug-likeness (QED) is 0.283. The van der Waals surface area contributed by atoms with Gasteiger partial charge in [0.2, 0.25) is 0 Å². The normalized spacial score (nSPS) is 15.5. The third kappa shape index (κ3) is 4.75. The average molecular weight is 455 g/mol. The molecule has 1 aromatic carbocycles. The molecule has 0 spiro atoms. The minimum absolute atomic E-state index is 0.128. The van der Waals surface area contributed by atoms with E-state index in [4.69, 9.17) is 21.7 Å². The molecule has 31 heavy (non-hydrogen) atoms. The number of amides is 1. The maximum Gasteiger partial charge on any atom is 0.303 e. The largest absolute Gasteiger partial charge is 0.481 e. The second-order valence-electron chi connectivity index (χ2n) is 7.44. The molecule has 3 aromatic rings. The number of thiocarbonyl (C=S) groups is 1. The summed E-state index contributed by atoms with van der Waals surface area (Å²) in [6.45, 7) is 0.502. The van der Waals surface area contributed by atoms with Crippen LogP contribution in [0.3, 0.4) is 0 Å². The fourth-order valence-electron chi connectivity index (χ4n) is 3.57. The Morgan fingerprint density at radius 2 is 2.03 bits per heavy atom. The topological polar surface area (TPSA) is 75.7 Å². The number of carbonyl (C=O) groups excluding carboxylic acids is 1. The number of hydrogen-bond acceptors (Lipinski definition) is 5. The van der Waals surface area contributed by atoms with Crippen molar-refractivity contribution < 1.29 is 19.1 Å². The first-order valence-electron chi connectivity index (χ1n) is 10.0. The third-order valence-corrected chi connectivity index (χ3v) is 6.59. The molecular formula is C23H22N2O4S2.